The summed E-state index contributed by atoms with van der Waals surface area (Å²) in [6, 6.07) is 7.92. The molecule has 0 unspecified atom stereocenters. The van der Waals surface area contributed by atoms with Crippen molar-refractivity contribution < 1.29 is 42.1 Å². The molecule has 0 spiro atoms. The zero-order valence-corrected chi connectivity index (χ0v) is 26.3. The summed E-state index contributed by atoms with van der Waals surface area (Å²) >= 11 is 0. The molecule has 0 atom stereocenters. The van der Waals surface area contributed by atoms with E-state index in [1.54, 1.807) is 27.7 Å². The smallest absolute Gasteiger partial charge is 0.872 e. The minimum Gasteiger partial charge on any atom is -0.872 e. The van der Waals surface area contributed by atoms with Gasteiger partial charge in [-0.15, -0.1) is 23.7 Å². The van der Waals surface area contributed by atoms with Gasteiger partial charge in [-0.05, 0) is 51.9 Å². The van der Waals surface area contributed by atoms with E-state index in [9.17, 15) is 20.4 Å². The second kappa shape index (κ2) is 19.6. The molecule has 0 aromatic heterocycles. The summed E-state index contributed by atoms with van der Waals surface area (Å²) in [5, 5.41) is 43.9. The first-order valence-electron chi connectivity index (χ1n) is 13.0. The number of rotatable bonds is 9. The van der Waals surface area contributed by atoms with Crippen LogP contribution < -0.4 is 20.4 Å². The van der Waals surface area contributed by atoms with E-state index in [1.165, 1.54) is 0 Å². The minimum absolute atomic E-state index is 0. The van der Waals surface area contributed by atoms with Crippen molar-refractivity contribution >= 4 is 0 Å². The molecule has 0 aliphatic rings. The van der Waals surface area contributed by atoms with E-state index >= 15 is 0 Å². The van der Waals surface area contributed by atoms with Crippen LogP contribution in [0.15, 0.2) is 24.3 Å². The molecule has 0 saturated heterocycles. The van der Waals surface area contributed by atoms with Crippen molar-refractivity contribution in [2.75, 3.05) is 26.2 Å². The maximum Gasteiger partial charge on any atom is 4.00 e. The molecule has 6 nitrogen and oxygen atoms in total. The van der Waals surface area contributed by atoms with E-state index in [-0.39, 0.29) is 33.2 Å². The summed E-state index contributed by atoms with van der Waals surface area (Å²) in [7, 11) is 0. The van der Waals surface area contributed by atoms with Gasteiger partial charge in [0.2, 0.25) is 0 Å². The van der Waals surface area contributed by atoms with Gasteiger partial charge < -0.3 is 20.4 Å². The van der Waals surface area contributed by atoms with Crippen molar-refractivity contribution in [1.82, 2.24) is 9.80 Å². The summed E-state index contributed by atoms with van der Waals surface area (Å²) in [4.78, 5) is 4.61. The Kier molecular flexibility index (Phi) is 20.0. The Labute approximate surface area is 241 Å². The number of hydrogen-bond donors (Lipinski definition) is 0. The van der Waals surface area contributed by atoms with E-state index in [4.69, 9.17) is 0 Å². The third kappa shape index (κ3) is 16.2. The van der Waals surface area contributed by atoms with Crippen molar-refractivity contribution in [1.29, 1.82) is 0 Å². The predicted octanol–water partition coefficient (Wildman–Crippen LogP) is 2.92. The number of benzene rings is 2. The number of likely N-dealkylation sites (N-methyl/N-ethyl adjacent to an activating group) is 2. The molecule has 0 bridgehead atoms. The van der Waals surface area contributed by atoms with E-state index in [0.717, 1.165) is 59.6 Å². The SMILES string of the molecule is CC(C)[O-].CC(C)[O-].CCN(CCN(CC)Cc1cc(C)cc(C)c1[O-])Cc1cc(C)cc(C)c1[O-].[Ti+4]. The number of aryl methyl sites for hydroxylation is 4. The quantitative estimate of drug-likeness (QED) is 0.447. The molecule has 2 aromatic carbocycles. The molecule has 0 N–H and O–H groups in total. The van der Waals surface area contributed by atoms with Gasteiger partial charge in [0.15, 0.2) is 0 Å². The van der Waals surface area contributed by atoms with Gasteiger partial charge in [-0.25, -0.2) is 0 Å². The Balaban J connectivity index is 0. The van der Waals surface area contributed by atoms with Gasteiger partial charge in [-0.1, -0.05) is 88.1 Å². The molecule has 7 heteroatoms. The van der Waals surface area contributed by atoms with E-state index < -0.39 is 12.2 Å². The second-order valence-corrected chi connectivity index (χ2v) is 9.98. The molecular weight excluding hydrogens is 500 g/mol. The van der Waals surface area contributed by atoms with Crippen LogP contribution in [0.4, 0.5) is 0 Å². The van der Waals surface area contributed by atoms with Crippen molar-refractivity contribution in [2.24, 2.45) is 0 Å². The number of hydrogen-bond acceptors (Lipinski definition) is 6. The average Bonchev–Trinajstić information content (AvgIpc) is 2.75. The molecule has 0 aliphatic heterocycles. The monoisotopic (exact) mass is 548 g/mol. The van der Waals surface area contributed by atoms with Crippen LogP contribution in [0.5, 0.6) is 11.5 Å². The zero-order chi connectivity index (χ0) is 28.0. The van der Waals surface area contributed by atoms with Crippen LogP contribution in [-0.4, -0.2) is 48.2 Å². The topological polar surface area (TPSA) is 98.7 Å². The van der Waals surface area contributed by atoms with Gasteiger partial charge in [0.1, 0.15) is 0 Å². The Morgan fingerprint density at radius 2 is 0.892 bits per heavy atom. The van der Waals surface area contributed by atoms with Crippen LogP contribution in [0.2, 0.25) is 0 Å². The predicted molar refractivity (Wildman–Crippen MR) is 143 cm³/mol. The Hall–Kier alpha value is -1.41. The summed E-state index contributed by atoms with van der Waals surface area (Å²) in [5.74, 6) is 0.310. The first-order chi connectivity index (χ1) is 16.7. The van der Waals surface area contributed by atoms with Gasteiger partial charge in [0.05, 0.1) is 0 Å². The molecule has 0 heterocycles. The van der Waals surface area contributed by atoms with Crippen molar-refractivity contribution in [3.63, 3.8) is 0 Å². The van der Waals surface area contributed by atoms with Crippen LogP contribution in [0.1, 0.15) is 74.9 Å². The zero-order valence-electron chi connectivity index (χ0n) is 24.7. The average molecular weight is 549 g/mol. The van der Waals surface area contributed by atoms with Crippen LogP contribution in [-0.2, 0) is 34.8 Å². The maximum absolute atomic E-state index is 12.4. The fraction of sp³-hybridized carbons (Fsp3) is 0.600. The first kappa shape index (κ1) is 37.7. The number of nitrogens with zero attached hydrogens (tertiary/aromatic N) is 2. The van der Waals surface area contributed by atoms with Crippen LogP contribution in [0.25, 0.3) is 0 Å². The Morgan fingerprint density at radius 3 is 1.14 bits per heavy atom. The largest absolute Gasteiger partial charge is 4.00 e. The normalized spacial score (nSPS) is 10.7. The fourth-order valence-corrected chi connectivity index (χ4v) is 3.78. The van der Waals surface area contributed by atoms with Gasteiger partial charge in [-0.3, -0.25) is 9.80 Å². The van der Waals surface area contributed by atoms with Crippen LogP contribution >= 0.6 is 0 Å². The maximum atomic E-state index is 12.4. The van der Waals surface area contributed by atoms with Gasteiger partial charge in [-0.2, -0.15) is 0 Å². The molecule has 0 saturated carbocycles. The van der Waals surface area contributed by atoms with Crippen LogP contribution in [0.3, 0.4) is 0 Å². The van der Waals surface area contributed by atoms with Crippen molar-refractivity contribution in [3.05, 3.63) is 57.6 Å². The molecule has 0 fully saturated rings. The van der Waals surface area contributed by atoms with E-state index in [1.807, 2.05) is 52.0 Å². The Morgan fingerprint density at radius 1 is 0.622 bits per heavy atom. The molecule has 0 amide bonds. The standard InChI is InChI=1S/C24H36N2O2.2C3H7O.Ti/c1-7-25(15-21-13-17(3)11-19(5)23(21)27)9-10-26(8-2)16-22-14-18(4)12-20(6)24(22)28;2*1-3(2)4;/h11-14,27-28H,7-10,15-16H2,1-6H3;2*3H,1-2H3;/q;2*-1;+4/p-2. The summed E-state index contributed by atoms with van der Waals surface area (Å²) in [6.07, 6.45) is -0.833. The second-order valence-electron chi connectivity index (χ2n) is 9.98. The fourth-order valence-electron chi connectivity index (χ4n) is 3.78. The van der Waals surface area contributed by atoms with Gasteiger partial charge in [0.25, 0.3) is 0 Å². The molecule has 206 valence electrons. The molecular formula is C30H48N2O4Ti. The van der Waals surface area contributed by atoms with Crippen molar-refractivity contribution in [3.8, 4) is 11.5 Å². The molecule has 37 heavy (non-hydrogen) atoms. The molecule has 2 rings (SSSR count). The summed E-state index contributed by atoms with van der Waals surface area (Å²) < 4.78 is 0. The van der Waals surface area contributed by atoms with E-state index in [2.05, 4.69) is 23.6 Å². The molecule has 2 aromatic rings. The third-order valence-electron chi connectivity index (χ3n) is 5.41. The third-order valence-corrected chi connectivity index (χ3v) is 5.41. The minimum atomic E-state index is -0.417. The Bertz CT molecular complexity index is 825. The first-order valence-corrected chi connectivity index (χ1v) is 13.0. The van der Waals surface area contributed by atoms with Crippen molar-refractivity contribution in [2.45, 2.75) is 94.5 Å². The van der Waals surface area contributed by atoms with Gasteiger partial charge >= 0.3 is 21.7 Å². The summed E-state index contributed by atoms with van der Waals surface area (Å²) in [6.45, 7) is 23.4. The van der Waals surface area contributed by atoms with Gasteiger partial charge in [0, 0.05) is 26.2 Å². The van der Waals surface area contributed by atoms with E-state index in [0.29, 0.717) is 13.1 Å². The van der Waals surface area contributed by atoms with Crippen LogP contribution in [0, 0.1) is 27.7 Å². The molecule has 0 radical (unpaired) electrons. The molecule has 0 aliphatic carbocycles. The summed E-state index contributed by atoms with van der Waals surface area (Å²) in [5.41, 5.74) is 5.66.